The molecule has 18 atom stereocenters. The van der Waals surface area contributed by atoms with E-state index in [1.54, 1.807) is 55.5 Å². The number of nitrogens with zero attached hydrogens (tertiary/aromatic N) is 2. The molecule has 0 radical (unpaired) electrons. The molecule has 3 rings (SSSR count). The van der Waals surface area contributed by atoms with Crippen molar-refractivity contribution in [2.75, 3.05) is 27.7 Å². The summed E-state index contributed by atoms with van der Waals surface area (Å²) in [5, 5.41) is 58.1. The largest absolute Gasteiger partial charge is 0.459 e. The molecule has 3 saturated heterocycles. The SMILES string of the molecule is CC[C@@H]1OC(=O)[C@H](C)[C@H](O[C@@H]2C[C@](C)(OC)[C@H](O)[C@H](C)O2)[C@@H](C)[C@H](O[C@@H]2O[C@H](C)C[C@H](N(C)C=O)[C@@H]2O)[C@](C)(O)C[C@H](C)CN(C)[C@H](C)[C@@H](O)[C@]1(C)O. The lowest BCUT2D eigenvalue weighted by molar-refractivity contribution is -0.317. The maximum absolute atomic E-state index is 14.2. The number of cyclic esters (lactones) is 1. The van der Waals surface area contributed by atoms with Crippen molar-refractivity contribution >= 4 is 12.4 Å². The molecule has 15 nitrogen and oxygen atoms in total. The summed E-state index contributed by atoms with van der Waals surface area (Å²) in [5.74, 6) is -2.78. The average Bonchev–Trinajstić information content (AvgIpc) is 3.09. The summed E-state index contributed by atoms with van der Waals surface area (Å²) in [6.45, 7) is 17.6. The van der Waals surface area contributed by atoms with Crippen LogP contribution in [0.1, 0.15) is 94.9 Å². The summed E-state index contributed by atoms with van der Waals surface area (Å²) in [7, 11) is 4.88. The highest BCUT2D eigenvalue weighted by Crippen LogP contribution is 2.40. The molecule has 3 aliphatic heterocycles. The van der Waals surface area contributed by atoms with E-state index in [2.05, 4.69) is 0 Å². The number of aliphatic hydroxyl groups excluding tert-OH is 3. The van der Waals surface area contributed by atoms with Crippen molar-refractivity contribution in [3.8, 4) is 0 Å². The summed E-state index contributed by atoms with van der Waals surface area (Å²) in [6, 6.07) is -1.19. The number of carbonyl (C=O) groups is 2. The van der Waals surface area contributed by atoms with Crippen molar-refractivity contribution in [3.63, 3.8) is 0 Å². The highest BCUT2D eigenvalue weighted by atomic mass is 16.7. The highest BCUT2D eigenvalue weighted by molar-refractivity contribution is 5.73. The van der Waals surface area contributed by atoms with Crippen LogP contribution in [0.25, 0.3) is 0 Å². The van der Waals surface area contributed by atoms with Gasteiger partial charge in [0.25, 0.3) is 0 Å². The van der Waals surface area contributed by atoms with E-state index in [0.29, 0.717) is 19.4 Å². The third-order valence-corrected chi connectivity index (χ3v) is 12.2. The van der Waals surface area contributed by atoms with Crippen molar-refractivity contribution in [1.29, 1.82) is 0 Å². The smallest absolute Gasteiger partial charge is 0.311 e. The van der Waals surface area contributed by atoms with Gasteiger partial charge < -0.3 is 63.8 Å². The molecular weight excluding hydrogens is 692 g/mol. The fourth-order valence-electron chi connectivity index (χ4n) is 8.71. The van der Waals surface area contributed by atoms with Crippen LogP contribution in [0.5, 0.6) is 0 Å². The molecule has 3 heterocycles. The molecule has 0 saturated carbocycles. The molecule has 0 aromatic carbocycles. The van der Waals surface area contributed by atoms with Crippen molar-refractivity contribution in [3.05, 3.63) is 0 Å². The maximum Gasteiger partial charge on any atom is 0.311 e. The van der Waals surface area contributed by atoms with Crippen LogP contribution in [0.3, 0.4) is 0 Å². The van der Waals surface area contributed by atoms with Gasteiger partial charge in [-0.1, -0.05) is 20.8 Å². The molecule has 0 spiro atoms. The van der Waals surface area contributed by atoms with Gasteiger partial charge in [-0.3, -0.25) is 9.59 Å². The van der Waals surface area contributed by atoms with Gasteiger partial charge in [0.15, 0.2) is 12.6 Å². The standard InChI is InChI=1S/C38H70N2O13/c1-14-27-38(10,47)31(43)24(6)39(11)18-20(2)16-36(8,46)33(53-35-29(42)26(40(12)19-41)15-21(3)49-35)22(4)30(23(5)34(45)51-27)52-28-17-37(9,48-13)32(44)25(7)50-28/h19-33,35,42-44,46-47H,14-18H2,1-13H3/t20-,21+,22+,23+,24+,25-,26-,27-,28+,29-,30+,31+,32+,33-,35-,36+,37-,38+/m0/s1. The number of methoxy groups -OCH3 is 1. The minimum Gasteiger partial charge on any atom is -0.459 e. The van der Waals surface area contributed by atoms with Gasteiger partial charge in [0.2, 0.25) is 6.41 Å². The third kappa shape index (κ3) is 10.3. The monoisotopic (exact) mass is 762 g/mol. The highest BCUT2D eigenvalue weighted by Gasteiger charge is 2.52. The van der Waals surface area contributed by atoms with E-state index in [4.69, 9.17) is 28.4 Å². The lowest BCUT2D eigenvalue weighted by atomic mass is 9.77. The third-order valence-electron chi connectivity index (χ3n) is 12.2. The molecule has 5 N–H and O–H groups in total. The predicted octanol–water partition coefficient (Wildman–Crippen LogP) is 1.43. The van der Waals surface area contributed by atoms with E-state index in [-0.39, 0.29) is 25.2 Å². The van der Waals surface area contributed by atoms with Crippen molar-refractivity contribution in [2.24, 2.45) is 17.8 Å². The first-order valence-corrected chi connectivity index (χ1v) is 19.2. The summed E-state index contributed by atoms with van der Waals surface area (Å²) >= 11 is 0. The fourth-order valence-corrected chi connectivity index (χ4v) is 8.71. The van der Waals surface area contributed by atoms with Gasteiger partial charge in [0.05, 0.1) is 47.6 Å². The van der Waals surface area contributed by atoms with E-state index in [1.807, 2.05) is 25.8 Å². The van der Waals surface area contributed by atoms with Crippen LogP contribution >= 0.6 is 0 Å². The summed E-state index contributed by atoms with van der Waals surface area (Å²) in [6.07, 6.45) is -8.72. The van der Waals surface area contributed by atoms with Crippen molar-refractivity contribution in [2.45, 2.75) is 185 Å². The Labute approximate surface area is 316 Å². The Morgan fingerprint density at radius 2 is 1.60 bits per heavy atom. The van der Waals surface area contributed by atoms with Crippen LogP contribution < -0.4 is 0 Å². The topological polar surface area (TPSA) is 197 Å². The Hall–Kier alpha value is -1.50. The van der Waals surface area contributed by atoms with E-state index in [1.165, 1.54) is 18.9 Å². The quantitative estimate of drug-likeness (QED) is 0.176. The zero-order valence-electron chi connectivity index (χ0n) is 34.2. The van der Waals surface area contributed by atoms with Gasteiger partial charge in [-0.25, -0.2) is 0 Å². The van der Waals surface area contributed by atoms with Crippen LogP contribution in [0.4, 0.5) is 0 Å². The molecule has 310 valence electrons. The van der Waals surface area contributed by atoms with E-state index in [0.717, 1.165) is 0 Å². The van der Waals surface area contributed by atoms with Crippen molar-refractivity contribution < 1.29 is 63.5 Å². The average molecular weight is 763 g/mol. The summed E-state index contributed by atoms with van der Waals surface area (Å²) in [4.78, 5) is 29.2. The Kier molecular flexibility index (Phi) is 15.7. The number of amides is 1. The zero-order valence-corrected chi connectivity index (χ0v) is 34.2. The first-order chi connectivity index (χ1) is 24.4. The van der Waals surface area contributed by atoms with Crippen LogP contribution in [-0.4, -0.2) is 166 Å². The van der Waals surface area contributed by atoms with Crippen LogP contribution in [0.15, 0.2) is 0 Å². The first-order valence-electron chi connectivity index (χ1n) is 19.2. The number of rotatable bonds is 8. The minimum absolute atomic E-state index is 0.101. The molecule has 3 aliphatic rings. The molecule has 0 aromatic heterocycles. The van der Waals surface area contributed by atoms with E-state index >= 15 is 0 Å². The Bertz CT molecular complexity index is 1190. The fraction of sp³-hybridized carbons (Fsp3) is 0.947. The second-order valence-electron chi connectivity index (χ2n) is 17.0. The number of ether oxygens (including phenoxy) is 6. The number of hydrogen-bond donors (Lipinski definition) is 5. The van der Waals surface area contributed by atoms with E-state index in [9.17, 15) is 35.1 Å². The molecule has 0 aromatic rings. The Morgan fingerprint density at radius 3 is 2.17 bits per heavy atom. The number of hydrogen-bond acceptors (Lipinski definition) is 14. The zero-order chi connectivity index (χ0) is 40.4. The van der Waals surface area contributed by atoms with Crippen LogP contribution in [0.2, 0.25) is 0 Å². The van der Waals surface area contributed by atoms with Crippen molar-refractivity contribution in [1.82, 2.24) is 9.80 Å². The normalized spacial score (nSPS) is 48.6. The number of likely N-dealkylation sites (N-methyl/N-ethyl adjacent to an activating group) is 2. The molecule has 15 heteroatoms. The molecule has 3 fully saturated rings. The predicted molar refractivity (Wildman–Crippen MR) is 194 cm³/mol. The number of carbonyl (C=O) groups excluding carboxylic acids is 2. The van der Waals surface area contributed by atoms with Crippen LogP contribution in [0, 0.1) is 17.8 Å². The molecule has 1 amide bonds. The molecule has 53 heavy (non-hydrogen) atoms. The lowest BCUT2D eigenvalue weighted by Crippen LogP contribution is -2.60. The van der Waals surface area contributed by atoms with Gasteiger partial charge in [0.1, 0.15) is 30.0 Å². The number of esters is 1. The Balaban J connectivity index is 2.18. The van der Waals surface area contributed by atoms with Gasteiger partial charge in [0, 0.05) is 39.1 Å². The van der Waals surface area contributed by atoms with E-state index < -0.39 is 108 Å². The van der Waals surface area contributed by atoms with Gasteiger partial charge in [-0.05, 0) is 80.7 Å². The van der Waals surface area contributed by atoms with Gasteiger partial charge >= 0.3 is 5.97 Å². The van der Waals surface area contributed by atoms with Crippen LogP contribution in [-0.2, 0) is 38.0 Å². The second-order valence-corrected chi connectivity index (χ2v) is 17.0. The summed E-state index contributed by atoms with van der Waals surface area (Å²) < 4.78 is 37.3. The lowest BCUT2D eigenvalue weighted by Gasteiger charge is -2.48. The maximum atomic E-state index is 14.2. The van der Waals surface area contributed by atoms with Gasteiger partial charge in [-0.2, -0.15) is 0 Å². The summed E-state index contributed by atoms with van der Waals surface area (Å²) in [5.41, 5.74) is -4.50. The van der Waals surface area contributed by atoms with Gasteiger partial charge in [-0.15, -0.1) is 0 Å². The number of aliphatic hydroxyl groups is 5. The minimum atomic E-state index is -1.82. The first kappa shape index (κ1) is 45.9. The second kappa shape index (κ2) is 18.2. The molecule has 0 bridgehead atoms. The molecule has 0 unspecified atom stereocenters. The Morgan fingerprint density at radius 1 is 0.981 bits per heavy atom. The molecule has 0 aliphatic carbocycles. The molecular formula is C38H70N2O13.